The summed E-state index contributed by atoms with van der Waals surface area (Å²) in [4.78, 5) is 25.6. The topological polar surface area (TPSA) is 108 Å². The molecule has 8 nitrogen and oxygen atoms in total. The number of nitrogens with one attached hydrogen (secondary N) is 1. The van der Waals surface area contributed by atoms with Crippen LogP contribution in [-0.2, 0) is 18.4 Å². The molecular formula is C63H113N2O6P. The van der Waals surface area contributed by atoms with Crippen molar-refractivity contribution in [2.24, 2.45) is 0 Å². The lowest BCUT2D eigenvalue weighted by Crippen LogP contribution is -2.46. The highest BCUT2D eigenvalue weighted by molar-refractivity contribution is 7.45. The Morgan fingerprint density at radius 1 is 0.500 bits per heavy atom. The van der Waals surface area contributed by atoms with Crippen LogP contribution in [0.2, 0.25) is 0 Å². The second-order valence-corrected chi connectivity index (χ2v) is 22.4. The zero-order chi connectivity index (χ0) is 52.7. The van der Waals surface area contributed by atoms with Crippen molar-refractivity contribution in [2.45, 2.75) is 257 Å². The van der Waals surface area contributed by atoms with E-state index in [0.717, 1.165) is 103 Å². The molecule has 3 atom stereocenters. The summed E-state index contributed by atoms with van der Waals surface area (Å²) in [6.45, 7) is 4.60. The monoisotopic (exact) mass is 1020 g/mol. The number of phosphoric ester groups is 1. The highest BCUT2D eigenvalue weighted by atomic mass is 31.2. The molecule has 0 fully saturated rings. The number of hydrogen-bond acceptors (Lipinski definition) is 6. The number of carbonyl (C=O) groups is 1. The molecule has 0 saturated heterocycles. The molecule has 72 heavy (non-hydrogen) atoms. The van der Waals surface area contributed by atoms with Crippen LogP contribution in [0.4, 0.5) is 0 Å². The third kappa shape index (κ3) is 55.2. The number of phosphoric acid groups is 1. The van der Waals surface area contributed by atoms with Crippen LogP contribution in [0.5, 0.6) is 0 Å². The van der Waals surface area contributed by atoms with E-state index in [-0.39, 0.29) is 19.1 Å². The minimum absolute atomic E-state index is 0.00185. The average molecular weight is 1030 g/mol. The Balaban J connectivity index is 4.27. The van der Waals surface area contributed by atoms with E-state index < -0.39 is 20.0 Å². The Morgan fingerprint density at radius 3 is 1.24 bits per heavy atom. The van der Waals surface area contributed by atoms with Gasteiger partial charge in [-0.3, -0.25) is 9.36 Å². The number of aliphatic hydroxyl groups excluding tert-OH is 1. The van der Waals surface area contributed by atoms with Crippen LogP contribution in [0.3, 0.4) is 0 Å². The van der Waals surface area contributed by atoms with Gasteiger partial charge in [0.05, 0.1) is 39.9 Å². The fraction of sp³-hybridized carbons (Fsp3) is 0.730. The highest BCUT2D eigenvalue weighted by Crippen LogP contribution is 2.38. The van der Waals surface area contributed by atoms with Gasteiger partial charge < -0.3 is 28.8 Å². The first-order chi connectivity index (χ1) is 35.0. The van der Waals surface area contributed by atoms with Gasteiger partial charge in [0.2, 0.25) is 5.91 Å². The fourth-order valence-electron chi connectivity index (χ4n) is 8.23. The van der Waals surface area contributed by atoms with Crippen molar-refractivity contribution in [3.8, 4) is 0 Å². The van der Waals surface area contributed by atoms with Crippen LogP contribution in [-0.4, -0.2) is 68.5 Å². The summed E-state index contributed by atoms with van der Waals surface area (Å²) in [6, 6.07) is -0.823. The van der Waals surface area contributed by atoms with Crippen molar-refractivity contribution >= 4 is 13.7 Å². The third-order valence-electron chi connectivity index (χ3n) is 12.8. The normalized spacial score (nSPS) is 14.6. The molecule has 0 saturated carbocycles. The van der Waals surface area contributed by atoms with Crippen molar-refractivity contribution in [1.82, 2.24) is 5.32 Å². The summed E-state index contributed by atoms with van der Waals surface area (Å²) >= 11 is 0. The summed E-state index contributed by atoms with van der Waals surface area (Å²) in [6.07, 6.45) is 75.8. The van der Waals surface area contributed by atoms with E-state index in [9.17, 15) is 19.4 Å². The van der Waals surface area contributed by atoms with E-state index in [0.29, 0.717) is 23.9 Å². The van der Waals surface area contributed by atoms with Crippen molar-refractivity contribution in [3.05, 3.63) is 97.2 Å². The molecule has 0 aliphatic rings. The molecule has 9 heteroatoms. The zero-order valence-electron chi connectivity index (χ0n) is 47.4. The largest absolute Gasteiger partial charge is 0.756 e. The molecule has 416 valence electrons. The highest BCUT2D eigenvalue weighted by Gasteiger charge is 2.24. The number of allylic oxidation sites excluding steroid dienone is 16. The van der Waals surface area contributed by atoms with E-state index in [2.05, 4.69) is 116 Å². The summed E-state index contributed by atoms with van der Waals surface area (Å²) in [5.41, 5.74) is 0. The Kier molecular flexibility index (Phi) is 51.3. The van der Waals surface area contributed by atoms with Crippen LogP contribution < -0.4 is 10.2 Å². The minimum atomic E-state index is -4.59. The van der Waals surface area contributed by atoms with Crippen LogP contribution >= 0.6 is 7.82 Å². The number of carbonyl (C=O) groups excluding carboxylic acids is 1. The molecule has 3 unspecified atom stereocenters. The standard InChI is InChI=1S/C63H113N2O6P/c1-6-8-10-12-14-16-18-20-22-24-26-28-29-30-31-32-33-34-35-37-39-41-43-45-47-49-51-53-55-57-63(67)64-61(60-71-72(68,69)70-59-58-65(3,4)5)62(66)56-54-52-50-48-46-44-42-40-38-36-27-25-23-21-19-17-15-13-11-9-7-2/h8,10,14,16,20,22,26,28,30-31,33-34,37,39,43,45,61-62,66H,6-7,9,11-13,15,17-19,21,23-25,27,29,32,35-36,38,40-42,44,46-60H2,1-5H3,(H-,64,67,68,69)/b10-8-,16-14-,22-20-,28-26-,31-30-,34-33-,39-37-,45-43-. The second kappa shape index (κ2) is 53.3. The van der Waals surface area contributed by atoms with E-state index in [1.54, 1.807) is 0 Å². The van der Waals surface area contributed by atoms with E-state index in [1.807, 2.05) is 21.1 Å². The molecule has 1 amide bonds. The summed E-state index contributed by atoms with van der Waals surface area (Å²) in [5.74, 6) is -0.191. The number of amides is 1. The van der Waals surface area contributed by atoms with Crippen molar-refractivity contribution in [1.29, 1.82) is 0 Å². The van der Waals surface area contributed by atoms with Gasteiger partial charge in [-0.1, -0.05) is 259 Å². The second-order valence-electron chi connectivity index (χ2n) is 21.0. The maximum Gasteiger partial charge on any atom is 0.268 e. The Bertz CT molecular complexity index is 1490. The van der Waals surface area contributed by atoms with Crippen molar-refractivity contribution in [2.75, 3.05) is 40.9 Å². The van der Waals surface area contributed by atoms with Gasteiger partial charge in [-0.05, 0) is 77.0 Å². The van der Waals surface area contributed by atoms with Gasteiger partial charge in [-0.15, -0.1) is 0 Å². The van der Waals surface area contributed by atoms with Gasteiger partial charge in [-0.25, -0.2) is 0 Å². The summed E-state index contributed by atoms with van der Waals surface area (Å²) < 4.78 is 23.4. The van der Waals surface area contributed by atoms with Crippen LogP contribution in [0.15, 0.2) is 97.2 Å². The first-order valence-corrected chi connectivity index (χ1v) is 31.0. The molecule has 0 bridgehead atoms. The SMILES string of the molecule is CC/C=C\C/C=C\C/C=C\C/C=C\C/C=C\C/C=C\C/C=C\C/C=C\CCCCCCC(=O)NC(COP(=O)([O-])OCC[N+](C)(C)C)C(O)CCCCCCCCCCCCCCCCCCCCCCC. The Hall–Kier alpha value is -2.58. The van der Waals surface area contributed by atoms with E-state index in [1.165, 1.54) is 116 Å². The lowest BCUT2D eigenvalue weighted by Gasteiger charge is -2.30. The maximum atomic E-state index is 13.0. The van der Waals surface area contributed by atoms with Crippen LogP contribution in [0, 0.1) is 0 Å². The molecule has 0 rings (SSSR count). The first kappa shape index (κ1) is 69.4. The zero-order valence-corrected chi connectivity index (χ0v) is 48.2. The molecule has 2 N–H and O–H groups in total. The molecule has 0 aliphatic carbocycles. The van der Waals surface area contributed by atoms with Crippen molar-refractivity contribution in [3.63, 3.8) is 0 Å². The summed E-state index contributed by atoms with van der Waals surface area (Å²) in [7, 11) is 1.28. The van der Waals surface area contributed by atoms with Gasteiger partial charge in [-0.2, -0.15) is 0 Å². The Morgan fingerprint density at radius 2 is 0.847 bits per heavy atom. The number of quaternary nitrogens is 1. The van der Waals surface area contributed by atoms with Gasteiger partial charge in [0.15, 0.2) is 0 Å². The van der Waals surface area contributed by atoms with Crippen LogP contribution in [0.25, 0.3) is 0 Å². The number of hydrogen-bond donors (Lipinski definition) is 2. The number of nitrogens with zero attached hydrogens (tertiary/aromatic N) is 1. The predicted octanol–water partition coefficient (Wildman–Crippen LogP) is 17.6. The first-order valence-electron chi connectivity index (χ1n) is 29.6. The molecule has 0 spiro atoms. The van der Waals surface area contributed by atoms with Crippen LogP contribution in [0.1, 0.15) is 245 Å². The Labute approximate surface area is 445 Å². The average Bonchev–Trinajstić information content (AvgIpc) is 3.34. The van der Waals surface area contributed by atoms with E-state index >= 15 is 0 Å². The maximum absolute atomic E-state index is 13.0. The lowest BCUT2D eigenvalue weighted by molar-refractivity contribution is -0.870. The van der Waals surface area contributed by atoms with Gasteiger partial charge >= 0.3 is 0 Å². The van der Waals surface area contributed by atoms with E-state index in [4.69, 9.17) is 9.05 Å². The van der Waals surface area contributed by atoms with Gasteiger partial charge in [0, 0.05) is 6.42 Å². The minimum Gasteiger partial charge on any atom is -0.756 e. The van der Waals surface area contributed by atoms with Crippen molar-refractivity contribution < 1.29 is 32.9 Å². The third-order valence-corrected chi connectivity index (χ3v) is 13.8. The number of unbranched alkanes of at least 4 members (excludes halogenated alkanes) is 24. The predicted molar refractivity (Wildman–Crippen MR) is 311 cm³/mol. The number of likely N-dealkylation sites (N-methyl/N-ethyl adjacent to an activating group) is 1. The quantitative estimate of drug-likeness (QED) is 0.0272. The molecule has 0 aromatic heterocycles. The number of aliphatic hydroxyl groups is 1. The fourth-order valence-corrected chi connectivity index (χ4v) is 8.96. The number of rotatable bonds is 53. The molecule has 0 radical (unpaired) electrons. The molecule has 0 aromatic rings. The molecule has 0 heterocycles. The smallest absolute Gasteiger partial charge is 0.268 e. The molecule has 0 aromatic carbocycles. The molecular weight excluding hydrogens is 912 g/mol. The van der Waals surface area contributed by atoms with Gasteiger partial charge in [0.25, 0.3) is 7.82 Å². The summed E-state index contributed by atoms with van der Waals surface area (Å²) in [5, 5.41) is 14.0. The van der Waals surface area contributed by atoms with Gasteiger partial charge in [0.1, 0.15) is 13.2 Å². The lowest BCUT2D eigenvalue weighted by atomic mass is 10.0. The molecule has 0 aliphatic heterocycles.